The van der Waals surface area contributed by atoms with Gasteiger partial charge in [-0.1, -0.05) is 0 Å². The van der Waals surface area contributed by atoms with Gasteiger partial charge >= 0.3 is 107 Å². The Morgan fingerprint density at radius 1 is 1.24 bits per heavy atom. The summed E-state index contributed by atoms with van der Waals surface area (Å²) >= 11 is -2.15. The van der Waals surface area contributed by atoms with Crippen LogP contribution in [-0.2, 0) is 19.1 Å². The Kier molecular flexibility index (Phi) is 3.43. The van der Waals surface area contributed by atoms with Crippen molar-refractivity contribution >= 4 is 32.1 Å². The van der Waals surface area contributed by atoms with Gasteiger partial charge < -0.3 is 0 Å². The van der Waals surface area contributed by atoms with Crippen LogP contribution < -0.4 is 0 Å². The number of hydrogen-bond donors (Lipinski definition) is 0. The van der Waals surface area contributed by atoms with E-state index in [9.17, 15) is 9.59 Å². The van der Waals surface area contributed by atoms with Crippen molar-refractivity contribution in [1.29, 1.82) is 0 Å². The number of carbonyl (C=O) groups is 2. The minimum atomic E-state index is -2.15. The van der Waals surface area contributed by atoms with Crippen LogP contribution in [0.4, 0.5) is 0 Å². The van der Waals surface area contributed by atoms with Crippen LogP contribution in [0, 0.1) is 5.92 Å². The Morgan fingerprint density at radius 3 is 2.41 bits per heavy atom. The number of hydrogen-bond acceptors (Lipinski definition) is 4. The normalized spacial score (nSPS) is 22.5. The molecule has 3 aliphatic heterocycles. The molecule has 0 saturated carbocycles. The van der Waals surface area contributed by atoms with E-state index in [1.807, 2.05) is 13.0 Å². The van der Waals surface area contributed by atoms with E-state index in [0.29, 0.717) is 9.09 Å². The Balaban J connectivity index is 2.52. The van der Waals surface area contributed by atoms with E-state index in [2.05, 4.69) is 10.1 Å². The predicted molar refractivity (Wildman–Crippen MR) is 63.2 cm³/mol. The third kappa shape index (κ3) is 1.95. The molecule has 0 spiro atoms. The van der Waals surface area contributed by atoms with Gasteiger partial charge in [-0.25, -0.2) is 0 Å². The van der Waals surface area contributed by atoms with Crippen LogP contribution in [0.15, 0.2) is 28.8 Å². The Labute approximate surface area is 107 Å². The standard InChI is InChI=1S/C12H13O4.Sb/c1-5-7-9(6-2)10(12(14)16-4)8-11(13)15-3;/h2,6-7,9H,1,3-4H3;. The maximum atomic E-state index is 11.8. The second-order valence-electron chi connectivity index (χ2n) is 3.79. The van der Waals surface area contributed by atoms with Crippen LogP contribution in [0.2, 0.25) is 0 Å². The summed E-state index contributed by atoms with van der Waals surface area (Å²) in [7, 11) is 2.68. The van der Waals surface area contributed by atoms with E-state index < -0.39 is 26.2 Å². The Morgan fingerprint density at radius 2 is 1.88 bits per heavy atom. The van der Waals surface area contributed by atoms with Gasteiger partial charge in [0.1, 0.15) is 0 Å². The van der Waals surface area contributed by atoms with Crippen LogP contribution in [0.25, 0.3) is 0 Å². The maximum absolute atomic E-state index is 11.8. The first-order valence-corrected chi connectivity index (χ1v) is 9.19. The van der Waals surface area contributed by atoms with Crippen LogP contribution in [0.5, 0.6) is 0 Å². The number of esters is 2. The fourth-order valence-electron chi connectivity index (χ4n) is 2.06. The van der Waals surface area contributed by atoms with Gasteiger partial charge in [-0.05, 0) is 0 Å². The summed E-state index contributed by atoms with van der Waals surface area (Å²) in [5.41, 5.74) is 0.482. The molecule has 3 aliphatic rings. The van der Waals surface area contributed by atoms with Crippen molar-refractivity contribution in [3.05, 3.63) is 28.8 Å². The average Bonchev–Trinajstić information content (AvgIpc) is 2.36. The van der Waals surface area contributed by atoms with Crippen LogP contribution in [0.1, 0.15) is 6.92 Å². The topological polar surface area (TPSA) is 52.6 Å². The molecule has 3 rings (SSSR count). The van der Waals surface area contributed by atoms with Crippen molar-refractivity contribution in [2.45, 2.75) is 6.92 Å². The average molecular weight is 343 g/mol. The van der Waals surface area contributed by atoms with E-state index in [1.54, 1.807) is 0 Å². The molecule has 1 atom stereocenters. The van der Waals surface area contributed by atoms with Crippen molar-refractivity contribution in [2.24, 2.45) is 5.92 Å². The summed E-state index contributed by atoms with van der Waals surface area (Å²) in [6, 6.07) is 0. The van der Waals surface area contributed by atoms with E-state index in [-0.39, 0.29) is 11.9 Å². The summed E-state index contributed by atoms with van der Waals surface area (Å²) in [4.78, 5) is 23.6. The fourth-order valence-corrected chi connectivity index (χ4v) is 8.35. The van der Waals surface area contributed by atoms with Crippen molar-refractivity contribution in [1.82, 2.24) is 0 Å². The van der Waals surface area contributed by atoms with Gasteiger partial charge in [0, 0.05) is 0 Å². The molecule has 1 unspecified atom stereocenters. The van der Waals surface area contributed by atoms with Crippen molar-refractivity contribution in [3.63, 3.8) is 0 Å². The number of allylic oxidation sites excluding steroid dienone is 3. The SMILES string of the molecule is COC(=O)C1=[C](C(=O)OC)[Sb]2[CH]=CC1C=[C]2C. The molecular formula is C12H13O4Sb. The zero-order chi connectivity index (χ0) is 12.6. The van der Waals surface area contributed by atoms with Gasteiger partial charge in [-0.15, -0.1) is 0 Å². The van der Waals surface area contributed by atoms with Gasteiger partial charge in [0.05, 0.1) is 0 Å². The summed E-state index contributed by atoms with van der Waals surface area (Å²) in [5.74, 6) is -0.931. The number of ether oxygens (including phenoxy) is 2. The van der Waals surface area contributed by atoms with Crippen molar-refractivity contribution < 1.29 is 19.1 Å². The first-order chi connectivity index (χ1) is 8.10. The quantitative estimate of drug-likeness (QED) is 0.552. The third-order valence-corrected chi connectivity index (χ3v) is 9.38. The molecule has 0 aromatic heterocycles. The number of carbonyl (C=O) groups excluding carboxylic acids is 2. The predicted octanol–water partition coefficient (Wildman–Crippen LogP) is 0.887. The molecule has 0 fully saturated rings. The van der Waals surface area contributed by atoms with Crippen molar-refractivity contribution in [3.8, 4) is 0 Å². The fraction of sp³-hybridized carbons (Fsp3) is 0.333. The van der Waals surface area contributed by atoms with E-state index in [1.165, 1.54) is 17.7 Å². The molecule has 4 nitrogen and oxygen atoms in total. The molecular weight excluding hydrogens is 330 g/mol. The van der Waals surface area contributed by atoms with Crippen LogP contribution >= 0.6 is 0 Å². The van der Waals surface area contributed by atoms with Gasteiger partial charge in [-0.2, -0.15) is 0 Å². The molecule has 0 saturated heterocycles. The summed E-state index contributed by atoms with van der Waals surface area (Å²) < 4.78 is 13.5. The summed E-state index contributed by atoms with van der Waals surface area (Å²) in [6.07, 6.45) is 4.05. The minimum absolute atomic E-state index is 0.133. The second kappa shape index (κ2) is 4.69. The van der Waals surface area contributed by atoms with E-state index >= 15 is 0 Å². The van der Waals surface area contributed by atoms with Crippen LogP contribution in [0.3, 0.4) is 0 Å². The monoisotopic (exact) mass is 342 g/mol. The van der Waals surface area contributed by atoms with Gasteiger partial charge in [-0.3, -0.25) is 0 Å². The molecule has 3 heterocycles. The van der Waals surface area contributed by atoms with E-state index in [4.69, 9.17) is 9.47 Å². The molecule has 0 aromatic carbocycles. The second-order valence-corrected chi connectivity index (χ2v) is 10.0. The first kappa shape index (κ1) is 12.4. The Hall–Kier alpha value is -1.02. The number of methoxy groups -OCH3 is 2. The summed E-state index contributed by atoms with van der Waals surface area (Å²) in [6.45, 7) is 2.02. The molecule has 5 heteroatoms. The van der Waals surface area contributed by atoms with Gasteiger partial charge in [0.2, 0.25) is 0 Å². The molecule has 17 heavy (non-hydrogen) atoms. The Bertz CT molecular complexity index is 473. The molecule has 0 aliphatic carbocycles. The van der Waals surface area contributed by atoms with Gasteiger partial charge in [0.15, 0.2) is 0 Å². The zero-order valence-electron chi connectivity index (χ0n) is 9.89. The number of rotatable bonds is 2. The van der Waals surface area contributed by atoms with Gasteiger partial charge in [0.25, 0.3) is 0 Å². The molecule has 2 bridgehead atoms. The third-order valence-electron chi connectivity index (χ3n) is 2.86. The summed E-state index contributed by atoms with van der Waals surface area (Å²) in [5, 5.41) is 0. The van der Waals surface area contributed by atoms with Crippen molar-refractivity contribution in [2.75, 3.05) is 14.2 Å². The zero-order valence-corrected chi connectivity index (χ0v) is 12.4. The van der Waals surface area contributed by atoms with Crippen LogP contribution in [-0.4, -0.2) is 46.4 Å². The first-order valence-electron chi connectivity index (χ1n) is 5.17. The molecule has 0 aromatic rings. The molecule has 90 valence electrons. The molecule has 0 amide bonds. The molecule has 0 N–H and O–H groups in total. The molecule has 0 radical (unpaired) electrons. The van der Waals surface area contributed by atoms with E-state index in [0.717, 1.165) is 0 Å².